The summed E-state index contributed by atoms with van der Waals surface area (Å²) >= 11 is 7.21. The zero-order chi connectivity index (χ0) is 15.4. The lowest BCUT2D eigenvalue weighted by Crippen LogP contribution is -2.18. The number of halogens is 1. The van der Waals surface area contributed by atoms with Gasteiger partial charge in [0, 0.05) is 23.8 Å². The molecule has 3 aromatic rings. The highest BCUT2D eigenvalue weighted by Crippen LogP contribution is 2.19. The summed E-state index contributed by atoms with van der Waals surface area (Å²) in [6, 6.07) is 9.33. The van der Waals surface area contributed by atoms with Crippen LogP contribution in [0.5, 0.6) is 0 Å². The van der Waals surface area contributed by atoms with Gasteiger partial charge in [0.2, 0.25) is 11.0 Å². The molecule has 0 aliphatic rings. The highest BCUT2D eigenvalue weighted by molar-refractivity contribution is 7.15. The van der Waals surface area contributed by atoms with Crippen LogP contribution >= 0.6 is 22.9 Å². The van der Waals surface area contributed by atoms with Gasteiger partial charge in [-0.2, -0.15) is 5.10 Å². The molecule has 0 atom stereocenters. The second kappa shape index (κ2) is 6.67. The van der Waals surface area contributed by atoms with Crippen molar-refractivity contribution in [3.63, 3.8) is 0 Å². The topological polar surface area (TPSA) is 72.7 Å². The second-order valence-electron chi connectivity index (χ2n) is 4.56. The Balaban J connectivity index is 1.58. The van der Waals surface area contributed by atoms with Gasteiger partial charge in [0.25, 0.3) is 0 Å². The predicted octanol–water partition coefficient (Wildman–Crippen LogP) is 2.62. The van der Waals surface area contributed by atoms with Gasteiger partial charge in [0.1, 0.15) is 11.6 Å². The molecule has 8 heteroatoms. The van der Waals surface area contributed by atoms with E-state index < -0.39 is 0 Å². The van der Waals surface area contributed by atoms with E-state index in [1.54, 1.807) is 23.1 Å². The average molecular weight is 334 g/mol. The molecule has 0 spiro atoms. The largest absolute Gasteiger partial charge is 0.299 e. The normalized spacial score (nSPS) is 10.6. The van der Waals surface area contributed by atoms with Crippen molar-refractivity contribution in [3.05, 3.63) is 58.3 Å². The summed E-state index contributed by atoms with van der Waals surface area (Å²) in [5, 5.41) is 16.8. The van der Waals surface area contributed by atoms with Crippen LogP contribution < -0.4 is 5.32 Å². The van der Waals surface area contributed by atoms with Crippen molar-refractivity contribution in [1.29, 1.82) is 0 Å². The summed E-state index contributed by atoms with van der Waals surface area (Å²) < 4.78 is 1.55. The first kappa shape index (κ1) is 14.7. The van der Waals surface area contributed by atoms with Crippen LogP contribution in [0.25, 0.3) is 0 Å². The van der Waals surface area contributed by atoms with Crippen LogP contribution in [-0.4, -0.2) is 25.9 Å². The maximum atomic E-state index is 11.8. The molecule has 0 fully saturated rings. The summed E-state index contributed by atoms with van der Waals surface area (Å²) in [6.45, 7) is 0.152. The highest BCUT2D eigenvalue weighted by Gasteiger charge is 2.09. The minimum absolute atomic E-state index is 0.152. The lowest BCUT2D eigenvalue weighted by molar-refractivity contribution is -0.116. The van der Waals surface area contributed by atoms with Crippen LogP contribution in [0.1, 0.15) is 10.6 Å². The fraction of sp³-hybridized carbons (Fsp3) is 0.143. The van der Waals surface area contributed by atoms with Crippen molar-refractivity contribution in [2.24, 2.45) is 0 Å². The number of aromatic nitrogens is 4. The molecule has 0 bridgehead atoms. The van der Waals surface area contributed by atoms with Crippen LogP contribution in [0.15, 0.2) is 42.7 Å². The van der Waals surface area contributed by atoms with Gasteiger partial charge >= 0.3 is 0 Å². The van der Waals surface area contributed by atoms with E-state index in [1.807, 2.05) is 24.3 Å². The molecule has 6 nitrogen and oxygen atoms in total. The third-order valence-corrected chi connectivity index (χ3v) is 3.94. The number of nitrogens with one attached hydrogen (secondary N) is 1. The maximum Gasteiger partial charge on any atom is 0.247 e. The Morgan fingerprint density at radius 2 is 2.09 bits per heavy atom. The van der Waals surface area contributed by atoms with Crippen molar-refractivity contribution < 1.29 is 4.79 Å². The first-order valence-electron chi connectivity index (χ1n) is 6.53. The van der Waals surface area contributed by atoms with Gasteiger partial charge in [0.15, 0.2) is 0 Å². The molecule has 0 aliphatic carbocycles. The second-order valence-corrected chi connectivity index (χ2v) is 6.05. The monoisotopic (exact) mass is 333 g/mol. The predicted molar refractivity (Wildman–Crippen MR) is 85.0 cm³/mol. The zero-order valence-corrected chi connectivity index (χ0v) is 13.0. The smallest absolute Gasteiger partial charge is 0.247 e. The Bertz CT molecular complexity index is 754. The van der Waals surface area contributed by atoms with Crippen LogP contribution in [-0.2, 0) is 17.8 Å². The average Bonchev–Trinajstić information content (AvgIpc) is 3.14. The number of nitrogens with zero attached hydrogens (tertiary/aromatic N) is 4. The molecule has 1 aromatic carbocycles. The number of carbonyl (C=O) groups is 1. The van der Waals surface area contributed by atoms with Gasteiger partial charge in [0.05, 0.1) is 0 Å². The molecular weight excluding hydrogens is 322 g/mol. The molecule has 0 saturated carbocycles. The third-order valence-electron chi connectivity index (χ3n) is 2.85. The Labute approximate surface area is 135 Å². The Kier molecular flexibility index (Phi) is 4.45. The van der Waals surface area contributed by atoms with E-state index in [0.29, 0.717) is 16.6 Å². The first-order valence-corrected chi connectivity index (χ1v) is 7.72. The van der Waals surface area contributed by atoms with E-state index in [4.69, 9.17) is 11.6 Å². The molecule has 0 aliphatic heterocycles. The number of benzene rings is 1. The quantitative estimate of drug-likeness (QED) is 0.779. The molecule has 2 aromatic heterocycles. The summed E-state index contributed by atoms with van der Waals surface area (Å²) in [4.78, 5) is 11.8. The van der Waals surface area contributed by atoms with Gasteiger partial charge < -0.3 is 0 Å². The van der Waals surface area contributed by atoms with E-state index in [-0.39, 0.29) is 12.5 Å². The van der Waals surface area contributed by atoms with E-state index in [1.165, 1.54) is 11.3 Å². The molecule has 1 amide bonds. The Hall–Kier alpha value is -2.25. The fourth-order valence-electron chi connectivity index (χ4n) is 1.85. The van der Waals surface area contributed by atoms with Gasteiger partial charge in [-0.3, -0.25) is 14.8 Å². The zero-order valence-electron chi connectivity index (χ0n) is 11.4. The Morgan fingerprint density at radius 3 is 2.82 bits per heavy atom. The van der Waals surface area contributed by atoms with Crippen molar-refractivity contribution >= 4 is 34.0 Å². The number of carbonyl (C=O) groups excluding carboxylic acids is 1. The number of anilines is 1. The lowest BCUT2D eigenvalue weighted by Gasteiger charge is -2.00. The SMILES string of the molecule is O=C(Cn1cccn1)Nc1nnc(Cc2ccc(Cl)cc2)s1. The molecule has 2 heterocycles. The summed E-state index contributed by atoms with van der Waals surface area (Å²) in [5.41, 5.74) is 1.09. The molecule has 112 valence electrons. The van der Waals surface area contributed by atoms with Gasteiger partial charge in [-0.1, -0.05) is 35.1 Å². The van der Waals surface area contributed by atoms with Crippen LogP contribution in [0, 0.1) is 0 Å². The van der Waals surface area contributed by atoms with Crippen LogP contribution in [0.3, 0.4) is 0 Å². The minimum Gasteiger partial charge on any atom is -0.299 e. The van der Waals surface area contributed by atoms with Gasteiger partial charge in [-0.25, -0.2) is 0 Å². The van der Waals surface area contributed by atoms with Crippen LogP contribution in [0.4, 0.5) is 5.13 Å². The molecule has 1 N–H and O–H groups in total. The van der Waals surface area contributed by atoms with Crippen molar-refractivity contribution in [1.82, 2.24) is 20.0 Å². The van der Waals surface area contributed by atoms with Crippen molar-refractivity contribution in [2.45, 2.75) is 13.0 Å². The standard InChI is InChI=1S/C14H12ClN5OS/c15-11-4-2-10(3-5-11)8-13-18-19-14(22-13)17-12(21)9-20-7-1-6-16-20/h1-7H,8-9H2,(H,17,19,21). The lowest BCUT2D eigenvalue weighted by atomic mass is 10.2. The van der Waals surface area contributed by atoms with Crippen molar-refractivity contribution in [3.8, 4) is 0 Å². The Morgan fingerprint density at radius 1 is 1.27 bits per heavy atom. The molecule has 3 rings (SSSR count). The van der Waals surface area contributed by atoms with E-state index in [9.17, 15) is 4.79 Å². The molecule has 0 unspecified atom stereocenters. The fourth-order valence-corrected chi connectivity index (χ4v) is 2.77. The number of rotatable bonds is 5. The van der Waals surface area contributed by atoms with E-state index >= 15 is 0 Å². The molecular formula is C14H12ClN5OS. The molecule has 0 saturated heterocycles. The first-order chi connectivity index (χ1) is 10.7. The third kappa shape index (κ3) is 3.90. The maximum absolute atomic E-state index is 11.8. The summed E-state index contributed by atoms with van der Waals surface area (Å²) in [7, 11) is 0. The van der Waals surface area contributed by atoms with E-state index in [0.717, 1.165) is 10.6 Å². The summed E-state index contributed by atoms with van der Waals surface area (Å²) in [5.74, 6) is -0.183. The number of amides is 1. The summed E-state index contributed by atoms with van der Waals surface area (Å²) in [6.07, 6.45) is 4.01. The number of hydrogen-bond acceptors (Lipinski definition) is 5. The molecule has 0 radical (unpaired) electrons. The van der Waals surface area contributed by atoms with E-state index in [2.05, 4.69) is 20.6 Å². The van der Waals surface area contributed by atoms with Crippen molar-refractivity contribution in [2.75, 3.05) is 5.32 Å². The van der Waals surface area contributed by atoms with Gasteiger partial charge in [-0.15, -0.1) is 10.2 Å². The minimum atomic E-state index is -0.183. The molecule has 22 heavy (non-hydrogen) atoms. The van der Waals surface area contributed by atoms with Gasteiger partial charge in [-0.05, 0) is 23.8 Å². The van der Waals surface area contributed by atoms with Crippen LogP contribution in [0.2, 0.25) is 5.02 Å². The highest BCUT2D eigenvalue weighted by atomic mass is 35.5. The number of hydrogen-bond donors (Lipinski definition) is 1.